The minimum atomic E-state index is -0.933. The van der Waals surface area contributed by atoms with Gasteiger partial charge >= 0.3 is 5.97 Å². The average Bonchev–Trinajstić information content (AvgIpc) is 2.45. The van der Waals surface area contributed by atoms with Gasteiger partial charge in [0.2, 0.25) is 0 Å². The Morgan fingerprint density at radius 1 is 0.952 bits per heavy atom. The second-order valence-corrected chi connectivity index (χ2v) is 5.30. The molecule has 21 heavy (non-hydrogen) atoms. The van der Waals surface area contributed by atoms with E-state index in [0.717, 1.165) is 44.6 Å². The fraction of sp³-hybridized carbons (Fsp3) is 0.611. The van der Waals surface area contributed by atoms with E-state index in [4.69, 9.17) is 5.11 Å². The first-order valence-corrected chi connectivity index (χ1v) is 8.07. The number of hydrogen-bond donors (Lipinski definition) is 2. The molecule has 0 aliphatic heterocycles. The third kappa shape index (κ3) is 16.6. The van der Waals surface area contributed by atoms with Gasteiger partial charge in [-0.15, -0.1) is 0 Å². The number of aliphatic carboxylic acids is 1. The van der Waals surface area contributed by atoms with Gasteiger partial charge in [0.15, 0.2) is 0 Å². The summed E-state index contributed by atoms with van der Waals surface area (Å²) in [6, 6.07) is 0. The molecule has 0 aromatic heterocycles. The van der Waals surface area contributed by atoms with Crippen LogP contribution in [0.5, 0.6) is 0 Å². The Morgan fingerprint density at radius 3 is 2.29 bits per heavy atom. The molecule has 0 amide bonds. The Bertz CT molecular complexity index is 329. The van der Waals surface area contributed by atoms with Crippen LogP contribution in [0.1, 0.15) is 64.7 Å². The first-order valence-electron chi connectivity index (χ1n) is 8.07. The molecular weight excluding hydrogens is 264 g/mol. The van der Waals surface area contributed by atoms with Crippen LogP contribution in [0, 0.1) is 0 Å². The maximum absolute atomic E-state index is 10.2. The molecule has 0 aliphatic rings. The minimum Gasteiger partial charge on any atom is -0.478 e. The first kappa shape index (κ1) is 19.7. The zero-order chi connectivity index (χ0) is 15.8. The molecule has 0 aromatic carbocycles. The van der Waals surface area contributed by atoms with Gasteiger partial charge in [-0.05, 0) is 25.7 Å². The second-order valence-electron chi connectivity index (χ2n) is 5.30. The van der Waals surface area contributed by atoms with E-state index in [1.807, 2.05) is 12.2 Å². The highest BCUT2D eigenvalue weighted by atomic mass is 16.4. The first-order chi connectivity index (χ1) is 10.2. The van der Waals surface area contributed by atoms with Gasteiger partial charge in [-0.3, -0.25) is 0 Å². The maximum atomic E-state index is 10.2. The van der Waals surface area contributed by atoms with Crippen LogP contribution in [0.3, 0.4) is 0 Å². The molecule has 3 heteroatoms. The van der Waals surface area contributed by atoms with Crippen molar-refractivity contribution in [2.24, 2.45) is 0 Å². The van der Waals surface area contributed by atoms with E-state index in [1.54, 1.807) is 6.08 Å². The van der Waals surface area contributed by atoms with E-state index in [2.05, 4.69) is 13.0 Å². The topological polar surface area (TPSA) is 57.5 Å². The number of carbonyl (C=O) groups is 1. The van der Waals surface area contributed by atoms with Crippen molar-refractivity contribution < 1.29 is 15.0 Å². The Labute approximate surface area is 129 Å². The third-order valence-electron chi connectivity index (χ3n) is 3.26. The number of hydrogen-bond acceptors (Lipinski definition) is 2. The molecule has 0 fully saturated rings. The molecular formula is C18H30O3. The van der Waals surface area contributed by atoms with Gasteiger partial charge in [-0.1, -0.05) is 69.4 Å². The predicted octanol–water partition coefficient (Wildman–Crippen LogP) is 4.63. The van der Waals surface area contributed by atoms with Crippen LogP contribution in [-0.2, 0) is 4.79 Å². The van der Waals surface area contributed by atoms with Gasteiger partial charge in [-0.2, -0.15) is 0 Å². The van der Waals surface area contributed by atoms with E-state index in [0.29, 0.717) is 0 Å². The zero-order valence-electron chi connectivity index (χ0n) is 13.2. The Kier molecular flexibility index (Phi) is 14.1. The van der Waals surface area contributed by atoms with Crippen molar-refractivity contribution in [2.45, 2.75) is 70.8 Å². The van der Waals surface area contributed by atoms with Crippen molar-refractivity contribution in [1.82, 2.24) is 0 Å². The number of allylic oxidation sites excluding steroid dienone is 5. The fourth-order valence-corrected chi connectivity index (χ4v) is 2.03. The maximum Gasteiger partial charge on any atom is 0.328 e. The normalized spacial score (nSPS) is 13.6. The van der Waals surface area contributed by atoms with Crippen LogP contribution < -0.4 is 0 Å². The highest BCUT2D eigenvalue weighted by molar-refractivity contribution is 5.80. The second kappa shape index (κ2) is 15.0. The molecule has 3 nitrogen and oxygen atoms in total. The molecule has 0 spiro atoms. The monoisotopic (exact) mass is 294 g/mol. The van der Waals surface area contributed by atoms with Gasteiger partial charge in [0.05, 0.1) is 6.10 Å². The summed E-state index contributed by atoms with van der Waals surface area (Å²) in [7, 11) is 0. The van der Waals surface area contributed by atoms with Crippen molar-refractivity contribution in [3.05, 3.63) is 36.5 Å². The molecule has 1 unspecified atom stereocenters. The van der Waals surface area contributed by atoms with Crippen molar-refractivity contribution in [2.75, 3.05) is 0 Å². The lowest BCUT2D eigenvalue weighted by molar-refractivity contribution is -0.131. The van der Waals surface area contributed by atoms with E-state index in [1.165, 1.54) is 25.3 Å². The number of unbranched alkanes of at least 4 members (excludes halogenated alkanes) is 5. The molecule has 0 radical (unpaired) electrons. The van der Waals surface area contributed by atoms with Crippen LogP contribution in [-0.4, -0.2) is 22.3 Å². The predicted molar refractivity (Wildman–Crippen MR) is 88.3 cm³/mol. The molecule has 0 aromatic rings. The average molecular weight is 294 g/mol. The third-order valence-corrected chi connectivity index (χ3v) is 3.26. The summed E-state index contributed by atoms with van der Waals surface area (Å²) in [6.45, 7) is 2.20. The molecule has 0 aliphatic carbocycles. The summed E-state index contributed by atoms with van der Waals surface area (Å²) in [5, 5.41) is 18.2. The highest BCUT2D eigenvalue weighted by Gasteiger charge is 2.02. The summed E-state index contributed by atoms with van der Waals surface area (Å²) >= 11 is 0. The van der Waals surface area contributed by atoms with Crippen molar-refractivity contribution in [3.63, 3.8) is 0 Å². The van der Waals surface area contributed by atoms with Gasteiger partial charge < -0.3 is 10.2 Å². The summed E-state index contributed by atoms with van der Waals surface area (Å²) in [5.41, 5.74) is 0. The summed E-state index contributed by atoms with van der Waals surface area (Å²) in [5.74, 6) is -0.933. The molecule has 2 N–H and O–H groups in total. The zero-order valence-corrected chi connectivity index (χ0v) is 13.2. The number of aliphatic hydroxyl groups excluding tert-OH is 1. The molecule has 120 valence electrons. The number of carboxylic acids is 1. The highest BCUT2D eigenvalue weighted by Crippen LogP contribution is 2.11. The lowest BCUT2D eigenvalue weighted by Gasteiger charge is -2.09. The number of aliphatic hydroxyl groups is 1. The number of rotatable bonds is 13. The van der Waals surface area contributed by atoms with Crippen molar-refractivity contribution in [3.8, 4) is 0 Å². The van der Waals surface area contributed by atoms with E-state index in [9.17, 15) is 9.90 Å². The van der Waals surface area contributed by atoms with Crippen molar-refractivity contribution >= 4 is 5.97 Å². The van der Waals surface area contributed by atoms with Crippen LogP contribution in [0.2, 0.25) is 0 Å². The summed E-state index contributed by atoms with van der Waals surface area (Å²) < 4.78 is 0. The lowest BCUT2D eigenvalue weighted by Crippen LogP contribution is -2.05. The van der Waals surface area contributed by atoms with Crippen LogP contribution in [0.15, 0.2) is 36.5 Å². The van der Waals surface area contributed by atoms with Gasteiger partial charge in [0.1, 0.15) is 0 Å². The quantitative estimate of drug-likeness (QED) is 0.296. The standard InChI is InChI=1S/C18H30O3/c1-2-3-4-11-14-17(19)15-12-9-7-5-6-8-10-13-16-18(20)21/h5-6,8,10,13,16-17,19H,2-4,7,9,11-12,14-15H2,1H3,(H,20,21)/b6-5-,10-8?,16-13?. The van der Waals surface area contributed by atoms with E-state index >= 15 is 0 Å². The molecule has 0 heterocycles. The molecule has 0 saturated carbocycles. The van der Waals surface area contributed by atoms with Gasteiger partial charge in [0.25, 0.3) is 0 Å². The van der Waals surface area contributed by atoms with E-state index < -0.39 is 5.97 Å². The smallest absolute Gasteiger partial charge is 0.328 e. The Hall–Kier alpha value is -1.35. The van der Waals surface area contributed by atoms with Crippen LogP contribution in [0.25, 0.3) is 0 Å². The van der Waals surface area contributed by atoms with Gasteiger partial charge in [0, 0.05) is 6.08 Å². The Balaban J connectivity index is 3.44. The van der Waals surface area contributed by atoms with Crippen LogP contribution >= 0.6 is 0 Å². The van der Waals surface area contributed by atoms with Crippen molar-refractivity contribution in [1.29, 1.82) is 0 Å². The SMILES string of the molecule is CCCCCCC(O)CCCC/C=C\C=CC=CC(=O)O. The van der Waals surface area contributed by atoms with Gasteiger partial charge in [-0.25, -0.2) is 4.79 Å². The largest absolute Gasteiger partial charge is 0.478 e. The lowest BCUT2D eigenvalue weighted by atomic mass is 10.0. The fourth-order valence-electron chi connectivity index (χ4n) is 2.03. The number of carboxylic acid groups (broad SMARTS) is 1. The molecule has 0 rings (SSSR count). The molecule has 0 saturated heterocycles. The molecule has 1 atom stereocenters. The minimum absolute atomic E-state index is 0.133. The van der Waals surface area contributed by atoms with Crippen LogP contribution in [0.4, 0.5) is 0 Å². The Morgan fingerprint density at radius 2 is 1.62 bits per heavy atom. The summed E-state index contributed by atoms with van der Waals surface area (Å²) in [6.07, 6.45) is 19.8. The van der Waals surface area contributed by atoms with E-state index in [-0.39, 0.29) is 6.10 Å². The molecule has 0 bridgehead atoms. The summed E-state index contributed by atoms with van der Waals surface area (Å²) in [4.78, 5) is 10.2.